The molecule has 434 valence electrons. The van der Waals surface area contributed by atoms with E-state index in [0.717, 1.165) is 141 Å². The van der Waals surface area contributed by atoms with E-state index in [1.807, 2.05) is 12.2 Å². The highest BCUT2D eigenvalue weighted by atomic mass is 16.6. The first-order valence-corrected chi connectivity index (χ1v) is 30.8. The quantitative estimate of drug-likeness (QED) is 0.0261. The lowest BCUT2D eigenvalue weighted by molar-refractivity contribution is -0.166. The minimum Gasteiger partial charge on any atom is -0.462 e. The van der Waals surface area contributed by atoms with Crippen molar-refractivity contribution >= 4 is 17.9 Å². The van der Waals surface area contributed by atoms with Gasteiger partial charge >= 0.3 is 17.9 Å². The van der Waals surface area contributed by atoms with E-state index < -0.39 is 12.1 Å². The zero-order valence-electron chi connectivity index (χ0n) is 49.6. The maximum atomic E-state index is 12.8. The molecular formula is C72H110O6. The molecule has 0 N–H and O–H groups in total. The van der Waals surface area contributed by atoms with Crippen LogP contribution in [0.15, 0.2) is 182 Å². The van der Waals surface area contributed by atoms with Gasteiger partial charge in [0, 0.05) is 19.3 Å². The molecule has 0 aliphatic rings. The highest BCUT2D eigenvalue weighted by Crippen LogP contribution is 2.13. The van der Waals surface area contributed by atoms with Crippen LogP contribution in [0, 0.1) is 0 Å². The van der Waals surface area contributed by atoms with E-state index in [0.29, 0.717) is 19.3 Å². The number of allylic oxidation sites excluding steroid dienone is 30. The molecule has 6 nitrogen and oxygen atoms in total. The van der Waals surface area contributed by atoms with Crippen LogP contribution in [0.5, 0.6) is 0 Å². The number of unbranched alkanes of at least 4 members (excludes halogenated alkanes) is 12. The second-order valence-corrected chi connectivity index (χ2v) is 19.5. The summed E-state index contributed by atoms with van der Waals surface area (Å²) in [6.45, 7) is 6.29. The van der Waals surface area contributed by atoms with Crippen molar-refractivity contribution in [1.29, 1.82) is 0 Å². The third-order valence-electron chi connectivity index (χ3n) is 12.2. The molecule has 0 aliphatic heterocycles. The first-order valence-electron chi connectivity index (χ1n) is 30.8. The predicted molar refractivity (Wildman–Crippen MR) is 338 cm³/mol. The molecule has 0 aromatic carbocycles. The zero-order valence-corrected chi connectivity index (χ0v) is 49.6. The highest BCUT2D eigenvalue weighted by molar-refractivity contribution is 5.71. The molecule has 0 heterocycles. The van der Waals surface area contributed by atoms with Gasteiger partial charge in [0.2, 0.25) is 0 Å². The van der Waals surface area contributed by atoms with Crippen molar-refractivity contribution < 1.29 is 28.6 Å². The van der Waals surface area contributed by atoms with Crippen molar-refractivity contribution in [1.82, 2.24) is 0 Å². The minimum atomic E-state index is -0.841. The van der Waals surface area contributed by atoms with Crippen molar-refractivity contribution in [3.63, 3.8) is 0 Å². The van der Waals surface area contributed by atoms with Crippen LogP contribution in [0.25, 0.3) is 0 Å². The van der Waals surface area contributed by atoms with Crippen LogP contribution >= 0.6 is 0 Å². The van der Waals surface area contributed by atoms with Crippen LogP contribution in [-0.4, -0.2) is 37.2 Å². The monoisotopic (exact) mass is 1070 g/mol. The standard InChI is InChI=1S/C72H110O6/c1-4-7-10-13-16-19-22-24-26-28-30-31-32-33-34-35-36-37-38-39-40-41-43-44-46-48-50-53-56-59-62-65-71(74)77-68-69(67-76-70(73)64-61-58-55-52-21-18-15-12-9-6-3)78-72(75)66-63-60-57-54-51-49-47-45-42-29-27-25-23-20-17-14-11-8-5-2/h7-8,10-11,16-17,19-20,24-27,30-31,33-34,36-37,39-40,42-45,48-51,57,60,69H,4-6,9,12-15,18,21-23,28-29,32,35,38,41,46-47,52-56,58-59,61-68H2,1-3H3/b10-7-,11-8-,19-16-,20-17-,26-24-,27-25-,31-30-,34-33-,37-36-,40-39-,44-43-,45-42-,50-48-,51-49-,60-57-. The normalized spacial score (nSPS) is 13.4. The van der Waals surface area contributed by atoms with Crippen LogP contribution < -0.4 is 0 Å². The van der Waals surface area contributed by atoms with Gasteiger partial charge in [-0.25, -0.2) is 0 Å². The molecule has 0 fully saturated rings. The lowest BCUT2D eigenvalue weighted by Crippen LogP contribution is -2.30. The molecule has 0 bridgehead atoms. The molecule has 0 saturated heterocycles. The van der Waals surface area contributed by atoms with Crippen LogP contribution in [0.2, 0.25) is 0 Å². The fourth-order valence-electron chi connectivity index (χ4n) is 7.64. The topological polar surface area (TPSA) is 78.9 Å². The predicted octanol–water partition coefficient (Wildman–Crippen LogP) is 21.3. The van der Waals surface area contributed by atoms with Crippen LogP contribution in [0.3, 0.4) is 0 Å². The number of hydrogen-bond donors (Lipinski definition) is 0. The molecule has 6 heteroatoms. The van der Waals surface area contributed by atoms with Gasteiger partial charge in [-0.15, -0.1) is 0 Å². The summed E-state index contributed by atoms with van der Waals surface area (Å²) in [5.74, 6) is -1.06. The molecule has 0 saturated carbocycles. The Morgan fingerprint density at radius 3 is 0.833 bits per heavy atom. The summed E-state index contributed by atoms with van der Waals surface area (Å²) in [5.41, 5.74) is 0. The van der Waals surface area contributed by atoms with Crippen LogP contribution in [0.4, 0.5) is 0 Å². The summed E-state index contributed by atoms with van der Waals surface area (Å²) >= 11 is 0. The van der Waals surface area contributed by atoms with E-state index in [1.165, 1.54) is 44.9 Å². The van der Waals surface area contributed by atoms with E-state index in [-0.39, 0.29) is 31.6 Å². The summed E-state index contributed by atoms with van der Waals surface area (Å²) < 4.78 is 16.7. The first-order chi connectivity index (χ1) is 38.5. The van der Waals surface area contributed by atoms with Crippen LogP contribution in [-0.2, 0) is 28.6 Å². The van der Waals surface area contributed by atoms with E-state index in [9.17, 15) is 14.4 Å². The average molecular weight is 1070 g/mol. The number of esters is 3. The maximum absolute atomic E-state index is 12.8. The van der Waals surface area contributed by atoms with Gasteiger partial charge in [0.15, 0.2) is 6.10 Å². The second kappa shape index (κ2) is 64.0. The third-order valence-corrected chi connectivity index (χ3v) is 12.2. The number of hydrogen-bond acceptors (Lipinski definition) is 6. The molecule has 0 rings (SSSR count). The van der Waals surface area contributed by atoms with Crippen molar-refractivity contribution in [3.05, 3.63) is 182 Å². The van der Waals surface area contributed by atoms with Gasteiger partial charge in [0.05, 0.1) is 0 Å². The lowest BCUT2D eigenvalue weighted by Gasteiger charge is -2.18. The highest BCUT2D eigenvalue weighted by Gasteiger charge is 2.19. The van der Waals surface area contributed by atoms with E-state index in [4.69, 9.17) is 14.2 Å². The van der Waals surface area contributed by atoms with Gasteiger partial charge in [-0.05, 0) is 128 Å². The largest absolute Gasteiger partial charge is 0.462 e. The Balaban J connectivity index is 4.45. The van der Waals surface area contributed by atoms with Crippen molar-refractivity contribution in [2.24, 2.45) is 0 Å². The lowest BCUT2D eigenvalue weighted by atomic mass is 10.1. The molecular weight excluding hydrogens is 961 g/mol. The third kappa shape index (κ3) is 61.4. The molecule has 0 spiro atoms. The van der Waals surface area contributed by atoms with Crippen molar-refractivity contribution in [2.75, 3.05) is 13.2 Å². The second-order valence-electron chi connectivity index (χ2n) is 19.5. The Morgan fingerprint density at radius 1 is 0.269 bits per heavy atom. The first kappa shape index (κ1) is 72.5. The van der Waals surface area contributed by atoms with Crippen LogP contribution in [0.1, 0.15) is 233 Å². The summed E-state index contributed by atoms with van der Waals surface area (Å²) in [6, 6.07) is 0. The SMILES string of the molecule is CC/C=C\C/C=C\C/C=C\C/C=C\C/C=C\C/C=C\C/C=C\C/C=C\C/C=C\CCCCCC(=O)OCC(COC(=O)CCCCCCCCCCCC)OC(=O)CC/C=C\C/C=C\C/C=C\C/C=C\C/C=C\C/C=C\CC. The Bertz CT molecular complexity index is 1850. The molecule has 1 atom stereocenters. The fraction of sp³-hybridized carbons (Fsp3) is 0.542. The van der Waals surface area contributed by atoms with E-state index in [1.54, 1.807) is 0 Å². The Morgan fingerprint density at radius 2 is 0.526 bits per heavy atom. The minimum absolute atomic E-state index is 0.126. The molecule has 0 aromatic heterocycles. The average Bonchev–Trinajstić information content (AvgIpc) is 3.44. The molecule has 0 amide bonds. The van der Waals surface area contributed by atoms with Gasteiger partial charge in [0.1, 0.15) is 13.2 Å². The van der Waals surface area contributed by atoms with Gasteiger partial charge < -0.3 is 14.2 Å². The number of carbonyl (C=O) groups is 3. The Hall–Kier alpha value is -5.49. The van der Waals surface area contributed by atoms with E-state index >= 15 is 0 Å². The summed E-state index contributed by atoms with van der Waals surface area (Å²) in [6.07, 6.45) is 96.3. The number of rotatable bonds is 53. The Kier molecular flexibility index (Phi) is 59.5. The smallest absolute Gasteiger partial charge is 0.306 e. The van der Waals surface area contributed by atoms with Crippen molar-refractivity contribution in [3.8, 4) is 0 Å². The maximum Gasteiger partial charge on any atom is 0.306 e. The fourth-order valence-corrected chi connectivity index (χ4v) is 7.64. The van der Waals surface area contributed by atoms with Crippen molar-refractivity contribution in [2.45, 2.75) is 239 Å². The molecule has 78 heavy (non-hydrogen) atoms. The zero-order chi connectivity index (χ0) is 56.4. The summed E-state index contributed by atoms with van der Waals surface area (Å²) in [4.78, 5) is 38.1. The molecule has 1 unspecified atom stereocenters. The molecule has 0 aromatic rings. The van der Waals surface area contributed by atoms with Gasteiger partial charge in [-0.2, -0.15) is 0 Å². The molecule has 0 radical (unpaired) electrons. The van der Waals surface area contributed by atoms with Gasteiger partial charge in [0.25, 0.3) is 0 Å². The Labute approximate surface area is 478 Å². The van der Waals surface area contributed by atoms with Gasteiger partial charge in [-0.3, -0.25) is 14.4 Å². The number of carbonyl (C=O) groups excluding carboxylic acids is 3. The summed E-state index contributed by atoms with van der Waals surface area (Å²) in [5, 5.41) is 0. The number of ether oxygens (including phenoxy) is 3. The summed E-state index contributed by atoms with van der Waals surface area (Å²) in [7, 11) is 0. The van der Waals surface area contributed by atoms with Gasteiger partial charge in [-0.1, -0.05) is 267 Å². The van der Waals surface area contributed by atoms with E-state index in [2.05, 4.69) is 191 Å². The molecule has 0 aliphatic carbocycles.